The maximum atomic E-state index is 13.9. The van der Waals surface area contributed by atoms with Crippen LogP contribution in [-0.4, -0.2) is 72.5 Å². The first-order chi connectivity index (χ1) is 23.3. The van der Waals surface area contributed by atoms with Crippen molar-refractivity contribution in [3.63, 3.8) is 0 Å². The summed E-state index contributed by atoms with van der Waals surface area (Å²) in [5, 5.41) is 0. The van der Waals surface area contributed by atoms with Crippen LogP contribution in [0.4, 0.5) is 26.3 Å². The van der Waals surface area contributed by atoms with E-state index in [0.717, 1.165) is 76.8 Å². The first-order valence-corrected chi connectivity index (χ1v) is 18.1. The molecule has 4 nitrogen and oxygen atoms in total. The lowest BCUT2D eigenvalue weighted by atomic mass is 9.72. The summed E-state index contributed by atoms with van der Waals surface area (Å²) >= 11 is 0. The number of alkyl halides is 6. The summed E-state index contributed by atoms with van der Waals surface area (Å²) in [6, 6.07) is 8.73. The molecule has 49 heavy (non-hydrogen) atoms. The lowest BCUT2D eigenvalue weighted by Crippen LogP contribution is -2.52. The fraction of sp³-hybridized carbons (Fsp3) is 0.615. The maximum Gasteiger partial charge on any atom is 0.416 e. The molecule has 0 N–H and O–H groups in total. The first kappa shape index (κ1) is 37.4. The van der Waals surface area contributed by atoms with Gasteiger partial charge in [0, 0.05) is 50.7 Å². The number of rotatable bonds is 10. The van der Waals surface area contributed by atoms with E-state index in [4.69, 9.17) is 0 Å². The third kappa shape index (κ3) is 9.48. The van der Waals surface area contributed by atoms with Crippen LogP contribution in [0.2, 0.25) is 0 Å². The van der Waals surface area contributed by atoms with Gasteiger partial charge in [0.05, 0.1) is 17.5 Å². The monoisotopic (exact) mass is 691 g/mol. The fourth-order valence-corrected chi connectivity index (χ4v) is 8.31. The quantitative estimate of drug-likeness (QED) is 0.184. The van der Waals surface area contributed by atoms with Gasteiger partial charge in [-0.25, -0.2) is 0 Å². The van der Waals surface area contributed by atoms with Gasteiger partial charge in [0.2, 0.25) is 5.91 Å². The molecule has 0 radical (unpaired) electrons. The summed E-state index contributed by atoms with van der Waals surface area (Å²) < 4.78 is 81.5. The lowest BCUT2D eigenvalue weighted by Gasteiger charge is -2.43. The lowest BCUT2D eigenvalue weighted by molar-refractivity contribution is -0.143. The second-order valence-corrected chi connectivity index (χ2v) is 14.4. The molecule has 3 fully saturated rings. The predicted molar refractivity (Wildman–Crippen MR) is 181 cm³/mol. The summed E-state index contributed by atoms with van der Waals surface area (Å²) in [5.41, 5.74) is 0.0959. The molecule has 2 aromatic rings. The highest BCUT2D eigenvalue weighted by molar-refractivity contribution is 5.79. The largest absolute Gasteiger partial charge is 0.416 e. The molecule has 5 rings (SSSR count). The van der Waals surface area contributed by atoms with Crippen molar-refractivity contribution >= 4 is 5.91 Å². The Morgan fingerprint density at radius 1 is 0.857 bits per heavy atom. The van der Waals surface area contributed by atoms with Crippen molar-refractivity contribution in [2.75, 3.05) is 45.8 Å². The van der Waals surface area contributed by atoms with E-state index in [1.165, 1.54) is 43.2 Å². The van der Waals surface area contributed by atoms with E-state index in [1.807, 2.05) is 6.08 Å². The third-order valence-corrected chi connectivity index (χ3v) is 11.2. The van der Waals surface area contributed by atoms with Crippen LogP contribution in [-0.2, 0) is 41.8 Å². The molecule has 2 aromatic carbocycles. The van der Waals surface area contributed by atoms with Gasteiger partial charge in [-0.05, 0) is 91.9 Å². The molecule has 0 spiro atoms. The van der Waals surface area contributed by atoms with Gasteiger partial charge in [-0.2, -0.15) is 26.3 Å². The van der Waals surface area contributed by atoms with Gasteiger partial charge in [-0.15, -0.1) is 6.58 Å². The Bertz CT molecular complexity index is 1390. The minimum Gasteiger partial charge on any atom is -0.342 e. The molecule has 1 atom stereocenters. The molecule has 1 saturated carbocycles. The van der Waals surface area contributed by atoms with Crippen molar-refractivity contribution in [3.8, 4) is 0 Å². The standard InChI is InChI=1S/C39H51F6N3O/c1-3-10-31-26-32(14-13-30(31)4-2)37(16-18-46-19-21-47(22-20-46)35-11-6-5-7-12-35)15-8-9-17-48(28-37)36(49)25-29-23-33(38(40,41)42)27-34(24-29)39(43,44)45/h3,13-14,23-24,26-27,35H,1,4-12,15-22,25,28H2,2H3/t37-/m0/s1. The van der Waals surface area contributed by atoms with Crippen LogP contribution in [0.15, 0.2) is 49.1 Å². The van der Waals surface area contributed by atoms with Crippen molar-refractivity contribution in [3.05, 3.63) is 82.4 Å². The van der Waals surface area contributed by atoms with Crippen LogP contribution in [0.3, 0.4) is 0 Å². The average molecular weight is 692 g/mol. The Labute approximate surface area is 287 Å². The number of carbonyl (C=O) groups excluding carboxylic acids is 1. The predicted octanol–water partition coefficient (Wildman–Crippen LogP) is 8.85. The summed E-state index contributed by atoms with van der Waals surface area (Å²) in [4.78, 5) is 20.7. The van der Waals surface area contributed by atoms with Crippen molar-refractivity contribution in [1.29, 1.82) is 0 Å². The summed E-state index contributed by atoms with van der Waals surface area (Å²) in [5.74, 6) is -0.448. The van der Waals surface area contributed by atoms with Gasteiger partial charge >= 0.3 is 12.4 Å². The maximum absolute atomic E-state index is 13.9. The van der Waals surface area contributed by atoms with Gasteiger partial charge in [0.25, 0.3) is 0 Å². The average Bonchev–Trinajstić information content (AvgIpc) is 3.31. The summed E-state index contributed by atoms with van der Waals surface area (Å²) in [6.07, 6.45) is 2.79. The Balaban J connectivity index is 1.39. The highest BCUT2D eigenvalue weighted by Crippen LogP contribution is 2.40. The zero-order chi connectivity index (χ0) is 35.2. The van der Waals surface area contributed by atoms with Crippen molar-refractivity contribution in [1.82, 2.24) is 14.7 Å². The van der Waals surface area contributed by atoms with Crippen LogP contribution in [0, 0.1) is 0 Å². The van der Waals surface area contributed by atoms with Gasteiger partial charge < -0.3 is 9.80 Å². The van der Waals surface area contributed by atoms with Gasteiger partial charge in [-0.1, -0.05) is 56.9 Å². The Morgan fingerprint density at radius 3 is 2.14 bits per heavy atom. The highest BCUT2D eigenvalue weighted by atomic mass is 19.4. The number of nitrogens with zero attached hydrogens (tertiary/aromatic N) is 3. The van der Waals surface area contributed by atoms with Crippen LogP contribution in [0.1, 0.15) is 98.1 Å². The zero-order valence-electron chi connectivity index (χ0n) is 28.8. The molecule has 0 unspecified atom stereocenters. The van der Waals surface area contributed by atoms with Crippen LogP contribution >= 0.6 is 0 Å². The van der Waals surface area contributed by atoms with E-state index in [1.54, 1.807) is 4.90 Å². The fourth-order valence-electron chi connectivity index (χ4n) is 8.31. The van der Waals surface area contributed by atoms with Crippen LogP contribution in [0.5, 0.6) is 0 Å². The number of halogens is 6. The molecule has 0 bridgehead atoms. The van der Waals surface area contributed by atoms with Crippen molar-refractivity contribution in [2.45, 2.75) is 108 Å². The molecule has 3 aliphatic rings. The number of aryl methyl sites for hydroxylation is 1. The topological polar surface area (TPSA) is 26.8 Å². The number of hydrogen-bond acceptors (Lipinski definition) is 3. The van der Waals surface area contributed by atoms with Gasteiger partial charge in [0.15, 0.2) is 0 Å². The normalized spacial score (nSPS) is 22.2. The number of piperazine rings is 1. The third-order valence-electron chi connectivity index (χ3n) is 11.2. The molecule has 10 heteroatoms. The molecule has 0 aromatic heterocycles. The van der Waals surface area contributed by atoms with E-state index in [-0.39, 0.29) is 11.6 Å². The first-order valence-electron chi connectivity index (χ1n) is 18.1. The van der Waals surface area contributed by atoms with Gasteiger partial charge in [0.1, 0.15) is 0 Å². The van der Waals surface area contributed by atoms with E-state index in [9.17, 15) is 31.1 Å². The Morgan fingerprint density at radius 2 is 1.53 bits per heavy atom. The number of hydrogen-bond donors (Lipinski definition) is 0. The summed E-state index contributed by atoms with van der Waals surface area (Å²) in [6.45, 7) is 11.8. The Kier molecular flexibility index (Phi) is 12.2. The van der Waals surface area contributed by atoms with Crippen LogP contribution < -0.4 is 0 Å². The molecule has 1 aliphatic carbocycles. The molecular formula is C39H51F6N3O. The Hall–Kier alpha value is -2.85. The second kappa shape index (κ2) is 16.0. The van der Waals surface area contributed by atoms with Crippen molar-refractivity contribution in [2.24, 2.45) is 0 Å². The molecule has 270 valence electrons. The van der Waals surface area contributed by atoms with E-state index in [0.29, 0.717) is 31.3 Å². The SMILES string of the molecule is C=CCc1cc([C@]2(CCN3CCN(C4CCCCC4)CC3)CCCCN(C(=O)Cc3cc(C(F)(F)F)cc(C(F)(F)F)c3)C2)ccc1CC. The minimum absolute atomic E-state index is 0.112. The molecule has 2 heterocycles. The number of amides is 1. The van der Waals surface area contributed by atoms with E-state index < -0.39 is 41.2 Å². The minimum atomic E-state index is -4.97. The number of allylic oxidation sites excluding steroid dienone is 1. The molecular weight excluding hydrogens is 640 g/mol. The zero-order valence-corrected chi connectivity index (χ0v) is 28.8. The van der Waals surface area contributed by atoms with E-state index >= 15 is 0 Å². The number of likely N-dealkylation sites (tertiary alicyclic amines) is 1. The molecule has 2 aliphatic heterocycles. The summed E-state index contributed by atoms with van der Waals surface area (Å²) in [7, 11) is 0. The number of carbonyl (C=O) groups is 1. The van der Waals surface area contributed by atoms with Gasteiger partial charge in [-0.3, -0.25) is 9.69 Å². The smallest absolute Gasteiger partial charge is 0.342 e. The van der Waals surface area contributed by atoms with Crippen LogP contribution in [0.25, 0.3) is 0 Å². The van der Waals surface area contributed by atoms with Crippen molar-refractivity contribution < 1.29 is 31.1 Å². The van der Waals surface area contributed by atoms with E-state index in [2.05, 4.69) is 41.5 Å². The molecule has 1 amide bonds. The highest BCUT2D eigenvalue weighted by Gasteiger charge is 2.40. The number of benzene rings is 2. The molecule has 2 saturated heterocycles. The second-order valence-electron chi connectivity index (χ2n) is 14.4.